The topological polar surface area (TPSA) is 50.9 Å². The largest absolute Gasteiger partial charge is 0.422 e. The molecule has 0 aliphatic carbocycles. The van der Waals surface area contributed by atoms with Crippen molar-refractivity contribution in [2.45, 2.75) is 13.8 Å². The van der Waals surface area contributed by atoms with Crippen LogP contribution < -0.4 is 5.63 Å². The highest BCUT2D eigenvalue weighted by atomic mass is 32.1. The van der Waals surface area contributed by atoms with Crippen LogP contribution in [0.25, 0.3) is 27.9 Å². The van der Waals surface area contributed by atoms with Gasteiger partial charge in [0.1, 0.15) is 5.58 Å². The molecule has 4 nitrogen and oxygen atoms in total. The number of nitrogens with zero attached hydrogens (tertiary/aromatic N) is 1. The van der Waals surface area contributed by atoms with Crippen LogP contribution in [0.15, 0.2) is 63.9 Å². The Bertz CT molecular complexity index is 1190. The zero-order valence-corrected chi connectivity index (χ0v) is 14.7. The summed E-state index contributed by atoms with van der Waals surface area (Å²) in [5, 5.41) is 0.871. The normalized spacial score (nSPS) is 11.1. The zero-order chi connectivity index (χ0) is 17.6. The molecule has 4 aromatic rings. The summed E-state index contributed by atoms with van der Waals surface area (Å²) < 4.78 is 7.83. The second kappa shape index (κ2) is 5.86. The van der Waals surface area contributed by atoms with Gasteiger partial charge in [-0.15, -0.1) is 0 Å². The van der Waals surface area contributed by atoms with Gasteiger partial charge in [0.25, 0.3) is 0 Å². The number of nitrogens with one attached hydrogen (secondary N) is 1. The quantitative estimate of drug-likeness (QED) is 0.413. The Morgan fingerprint density at radius 3 is 2.52 bits per heavy atom. The molecule has 0 amide bonds. The minimum absolute atomic E-state index is 0.387. The van der Waals surface area contributed by atoms with Gasteiger partial charge >= 0.3 is 5.63 Å². The molecule has 0 aliphatic rings. The number of para-hydroxylation sites is 1. The molecule has 2 heterocycles. The van der Waals surface area contributed by atoms with Crippen LogP contribution in [0.3, 0.4) is 0 Å². The Hall–Kier alpha value is -2.92. The summed E-state index contributed by atoms with van der Waals surface area (Å²) in [4.78, 5) is 15.5. The van der Waals surface area contributed by atoms with Crippen molar-refractivity contribution < 1.29 is 4.42 Å². The van der Waals surface area contributed by atoms with Crippen LogP contribution in [-0.2, 0) is 0 Å². The summed E-state index contributed by atoms with van der Waals surface area (Å²) in [5.41, 5.74) is 4.58. The number of aryl methyl sites for hydroxylation is 2. The monoisotopic (exact) mass is 348 g/mol. The molecule has 0 saturated carbocycles. The first-order valence-electron chi connectivity index (χ1n) is 7.95. The molecule has 4 rings (SSSR count). The summed E-state index contributed by atoms with van der Waals surface area (Å²) in [5.74, 6) is 0. The van der Waals surface area contributed by atoms with E-state index in [1.54, 1.807) is 6.07 Å². The maximum atomic E-state index is 12.4. The number of aromatic nitrogens is 2. The lowest BCUT2D eigenvalue weighted by molar-refractivity contribution is 0.563. The van der Waals surface area contributed by atoms with E-state index in [2.05, 4.69) is 23.2 Å². The van der Waals surface area contributed by atoms with Crippen molar-refractivity contribution in [3.63, 3.8) is 0 Å². The van der Waals surface area contributed by atoms with Gasteiger partial charge in [0.2, 0.25) is 0 Å². The first-order valence-corrected chi connectivity index (χ1v) is 8.36. The molecule has 124 valence electrons. The van der Waals surface area contributed by atoms with Crippen LogP contribution in [0.4, 0.5) is 0 Å². The van der Waals surface area contributed by atoms with Crippen LogP contribution in [0.5, 0.6) is 0 Å². The first kappa shape index (κ1) is 15.6. The number of fused-ring (bicyclic) bond motifs is 1. The number of aromatic amines is 1. The van der Waals surface area contributed by atoms with Gasteiger partial charge in [-0.3, -0.25) is 4.57 Å². The summed E-state index contributed by atoms with van der Waals surface area (Å²) in [6, 6.07) is 15.5. The van der Waals surface area contributed by atoms with Gasteiger partial charge < -0.3 is 9.40 Å². The standard InChI is InChI=1S/C20H16N2O2S/c1-12-7-13(2)9-15(8-12)22-11-17(21-20(22)25)16-10-14-5-3-4-6-18(14)24-19(16)23/h3-11H,1-2H3,(H,21,25). The summed E-state index contributed by atoms with van der Waals surface area (Å²) in [6.07, 6.45) is 1.84. The summed E-state index contributed by atoms with van der Waals surface area (Å²) in [7, 11) is 0. The van der Waals surface area contributed by atoms with E-state index >= 15 is 0 Å². The highest BCUT2D eigenvalue weighted by Crippen LogP contribution is 2.22. The molecule has 2 aromatic carbocycles. The lowest BCUT2D eigenvalue weighted by Crippen LogP contribution is -2.02. The van der Waals surface area contributed by atoms with Gasteiger partial charge in [-0.05, 0) is 61.5 Å². The van der Waals surface area contributed by atoms with Crippen molar-refractivity contribution in [1.82, 2.24) is 9.55 Å². The lowest BCUT2D eigenvalue weighted by atomic mass is 10.1. The van der Waals surface area contributed by atoms with Crippen LogP contribution in [-0.4, -0.2) is 9.55 Å². The van der Waals surface area contributed by atoms with E-state index < -0.39 is 0 Å². The van der Waals surface area contributed by atoms with Gasteiger partial charge in [0.15, 0.2) is 4.77 Å². The van der Waals surface area contributed by atoms with Crippen LogP contribution in [0.1, 0.15) is 11.1 Å². The Kier molecular flexibility index (Phi) is 3.66. The number of rotatable bonds is 2. The molecule has 0 aliphatic heterocycles. The molecule has 0 saturated heterocycles. The molecule has 2 aromatic heterocycles. The number of benzene rings is 2. The van der Waals surface area contributed by atoms with E-state index in [0.717, 1.165) is 22.2 Å². The second-order valence-corrected chi connectivity index (χ2v) is 6.56. The predicted octanol–water partition coefficient (Wildman–Crippen LogP) is 4.93. The van der Waals surface area contributed by atoms with Crippen molar-refractivity contribution in [2.75, 3.05) is 0 Å². The van der Waals surface area contributed by atoms with Gasteiger partial charge in [0, 0.05) is 17.3 Å². The molecule has 0 spiro atoms. The van der Waals surface area contributed by atoms with Crippen molar-refractivity contribution in [3.05, 3.63) is 81.0 Å². The SMILES string of the molecule is Cc1cc(C)cc(-n2cc(-c3cc4ccccc4oc3=O)[nH]c2=S)c1. The van der Waals surface area contributed by atoms with E-state index in [1.165, 1.54) is 0 Å². The van der Waals surface area contributed by atoms with E-state index in [9.17, 15) is 4.79 Å². The van der Waals surface area contributed by atoms with Gasteiger partial charge in [0.05, 0.1) is 11.3 Å². The maximum Gasteiger partial charge on any atom is 0.345 e. The Morgan fingerprint density at radius 2 is 1.76 bits per heavy atom. The predicted molar refractivity (Wildman–Crippen MR) is 102 cm³/mol. The Labute approximate surface area is 149 Å². The third-order valence-electron chi connectivity index (χ3n) is 4.13. The van der Waals surface area contributed by atoms with Gasteiger partial charge in [-0.1, -0.05) is 24.3 Å². The summed E-state index contributed by atoms with van der Waals surface area (Å²) in [6.45, 7) is 4.09. The third kappa shape index (κ3) is 2.83. The molecule has 0 fully saturated rings. The molecule has 0 bridgehead atoms. The zero-order valence-electron chi connectivity index (χ0n) is 13.9. The lowest BCUT2D eigenvalue weighted by Gasteiger charge is -2.05. The fourth-order valence-electron chi connectivity index (χ4n) is 3.06. The average molecular weight is 348 g/mol. The third-order valence-corrected chi connectivity index (χ3v) is 4.43. The summed E-state index contributed by atoms with van der Waals surface area (Å²) >= 11 is 5.46. The molecule has 25 heavy (non-hydrogen) atoms. The minimum Gasteiger partial charge on any atom is -0.422 e. The second-order valence-electron chi connectivity index (χ2n) is 6.17. The van der Waals surface area contributed by atoms with Crippen LogP contribution >= 0.6 is 12.2 Å². The fraction of sp³-hybridized carbons (Fsp3) is 0.100. The number of H-pyrrole nitrogens is 1. The highest BCUT2D eigenvalue weighted by Gasteiger charge is 2.12. The Balaban J connectivity index is 1.90. The number of imidazole rings is 1. The average Bonchev–Trinajstić information content (AvgIpc) is 2.95. The smallest absolute Gasteiger partial charge is 0.345 e. The molecular weight excluding hydrogens is 332 g/mol. The van der Waals surface area contributed by atoms with Crippen molar-refractivity contribution in [1.29, 1.82) is 0 Å². The number of hydrogen-bond donors (Lipinski definition) is 1. The van der Waals surface area contributed by atoms with E-state index in [1.807, 2.05) is 48.9 Å². The molecule has 5 heteroatoms. The van der Waals surface area contributed by atoms with Crippen molar-refractivity contribution in [2.24, 2.45) is 0 Å². The molecule has 0 radical (unpaired) electrons. The fourth-order valence-corrected chi connectivity index (χ4v) is 3.33. The Morgan fingerprint density at radius 1 is 1.04 bits per heavy atom. The van der Waals surface area contributed by atoms with Crippen molar-refractivity contribution in [3.8, 4) is 16.9 Å². The first-order chi connectivity index (χ1) is 12.0. The molecule has 0 unspecified atom stereocenters. The maximum absolute atomic E-state index is 12.4. The van der Waals surface area contributed by atoms with Gasteiger partial charge in [-0.2, -0.15) is 0 Å². The van der Waals surface area contributed by atoms with E-state index in [0.29, 0.717) is 21.6 Å². The molecule has 0 atom stereocenters. The molecular formula is C20H16N2O2S. The van der Waals surface area contributed by atoms with E-state index in [4.69, 9.17) is 16.6 Å². The van der Waals surface area contributed by atoms with E-state index in [-0.39, 0.29) is 5.63 Å². The van der Waals surface area contributed by atoms with Crippen molar-refractivity contribution >= 4 is 23.2 Å². The number of hydrogen-bond acceptors (Lipinski definition) is 3. The van der Waals surface area contributed by atoms with Crippen LogP contribution in [0.2, 0.25) is 0 Å². The van der Waals surface area contributed by atoms with Crippen LogP contribution in [0, 0.1) is 18.6 Å². The molecule has 1 N–H and O–H groups in total. The van der Waals surface area contributed by atoms with Gasteiger partial charge in [-0.25, -0.2) is 4.79 Å². The minimum atomic E-state index is -0.387. The highest BCUT2D eigenvalue weighted by molar-refractivity contribution is 7.71.